The van der Waals surface area contributed by atoms with Crippen molar-refractivity contribution < 1.29 is 9.32 Å². The normalized spacial score (nSPS) is 15.2. The molecule has 0 saturated carbocycles. The molecule has 1 unspecified atom stereocenters. The Kier molecular flexibility index (Phi) is 5.37. The maximum absolute atomic E-state index is 12.6. The van der Waals surface area contributed by atoms with Gasteiger partial charge in [0.05, 0.1) is 0 Å². The van der Waals surface area contributed by atoms with Gasteiger partial charge in [-0.1, -0.05) is 11.2 Å². The van der Waals surface area contributed by atoms with Crippen molar-refractivity contribution in [1.29, 1.82) is 0 Å². The highest BCUT2D eigenvalue weighted by Gasteiger charge is 2.25. The molecule has 3 aromatic heterocycles. The molecule has 0 spiro atoms. The van der Waals surface area contributed by atoms with Crippen LogP contribution in [0.1, 0.15) is 24.4 Å². The van der Waals surface area contributed by atoms with Crippen molar-refractivity contribution in [3.05, 3.63) is 54.3 Å². The minimum Gasteiger partial charge on any atom is -0.353 e. The van der Waals surface area contributed by atoms with Gasteiger partial charge >= 0.3 is 6.03 Å². The molecule has 1 aliphatic heterocycles. The summed E-state index contributed by atoms with van der Waals surface area (Å²) in [5.74, 6) is 1.79. The van der Waals surface area contributed by atoms with Crippen LogP contribution in [0.15, 0.2) is 47.4 Å². The Labute approximate surface area is 168 Å². The molecule has 29 heavy (non-hydrogen) atoms. The van der Waals surface area contributed by atoms with Crippen LogP contribution in [0, 0.1) is 6.92 Å². The average molecular weight is 393 g/mol. The number of urea groups is 1. The number of amides is 2. The van der Waals surface area contributed by atoms with Crippen LogP contribution in [0.25, 0.3) is 11.4 Å². The Morgan fingerprint density at radius 2 is 1.97 bits per heavy atom. The van der Waals surface area contributed by atoms with Crippen molar-refractivity contribution in [2.24, 2.45) is 0 Å². The molecule has 0 bridgehead atoms. The molecule has 0 radical (unpaired) electrons. The first-order valence-electron chi connectivity index (χ1n) is 9.58. The maximum atomic E-state index is 12.6. The summed E-state index contributed by atoms with van der Waals surface area (Å²) in [5, 5.41) is 6.91. The second-order valence-corrected chi connectivity index (χ2v) is 6.99. The van der Waals surface area contributed by atoms with Crippen molar-refractivity contribution >= 4 is 11.8 Å². The van der Waals surface area contributed by atoms with Gasteiger partial charge in [0.2, 0.25) is 11.7 Å². The van der Waals surface area contributed by atoms with E-state index in [9.17, 15) is 4.79 Å². The van der Waals surface area contributed by atoms with Gasteiger partial charge in [0, 0.05) is 50.3 Å². The summed E-state index contributed by atoms with van der Waals surface area (Å²) in [5.41, 5.74) is 1.90. The summed E-state index contributed by atoms with van der Waals surface area (Å²) >= 11 is 0. The van der Waals surface area contributed by atoms with Crippen LogP contribution < -0.4 is 10.2 Å². The summed E-state index contributed by atoms with van der Waals surface area (Å²) in [7, 11) is 0. The monoisotopic (exact) mass is 393 g/mol. The Hall–Kier alpha value is -3.49. The van der Waals surface area contributed by atoms with Crippen LogP contribution in [0.4, 0.5) is 10.6 Å². The number of aromatic nitrogens is 4. The van der Waals surface area contributed by atoms with Gasteiger partial charge in [-0.15, -0.1) is 0 Å². The molecular formula is C20H23N7O2. The Bertz CT molecular complexity index is 968. The van der Waals surface area contributed by atoms with Gasteiger partial charge in [-0.25, -0.2) is 9.78 Å². The van der Waals surface area contributed by atoms with Crippen LogP contribution in [-0.4, -0.2) is 57.2 Å². The van der Waals surface area contributed by atoms with Gasteiger partial charge in [-0.05, 0) is 37.6 Å². The summed E-state index contributed by atoms with van der Waals surface area (Å²) in [6.07, 6.45) is 5.15. The maximum Gasteiger partial charge on any atom is 0.318 e. The number of rotatable bonds is 4. The zero-order valence-electron chi connectivity index (χ0n) is 16.4. The highest BCUT2D eigenvalue weighted by molar-refractivity contribution is 5.75. The molecule has 0 aromatic carbocycles. The van der Waals surface area contributed by atoms with E-state index in [-0.39, 0.29) is 6.03 Å². The second-order valence-electron chi connectivity index (χ2n) is 6.99. The molecule has 150 valence electrons. The van der Waals surface area contributed by atoms with E-state index in [2.05, 4.69) is 30.3 Å². The van der Waals surface area contributed by atoms with Gasteiger partial charge in [-0.2, -0.15) is 4.98 Å². The van der Waals surface area contributed by atoms with Crippen LogP contribution in [0.5, 0.6) is 0 Å². The number of nitrogens with zero attached hydrogens (tertiary/aromatic N) is 6. The first-order chi connectivity index (χ1) is 14.1. The molecule has 4 rings (SSSR count). The molecule has 1 aliphatic rings. The number of hydrogen-bond donors (Lipinski definition) is 1. The molecule has 0 aliphatic carbocycles. The van der Waals surface area contributed by atoms with Crippen molar-refractivity contribution in [1.82, 2.24) is 30.3 Å². The van der Waals surface area contributed by atoms with Crippen molar-refractivity contribution in [2.45, 2.75) is 19.9 Å². The lowest BCUT2D eigenvalue weighted by Crippen LogP contribution is -2.52. The predicted molar refractivity (Wildman–Crippen MR) is 107 cm³/mol. The molecule has 1 saturated heterocycles. The topological polar surface area (TPSA) is 100 Å². The fourth-order valence-corrected chi connectivity index (χ4v) is 3.29. The van der Waals surface area contributed by atoms with Crippen molar-refractivity contribution in [2.75, 3.05) is 31.1 Å². The molecule has 1 fully saturated rings. The number of pyridine rings is 2. The van der Waals surface area contributed by atoms with Crippen molar-refractivity contribution in [3.63, 3.8) is 0 Å². The molecule has 9 nitrogen and oxygen atoms in total. The first-order valence-corrected chi connectivity index (χ1v) is 9.58. The lowest BCUT2D eigenvalue weighted by Gasteiger charge is -2.36. The number of carbonyl (C=O) groups excluding carboxylic acids is 1. The van der Waals surface area contributed by atoms with Crippen LogP contribution in [0.2, 0.25) is 0 Å². The molecule has 1 atom stereocenters. The van der Waals surface area contributed by atoms with Gasteiger partial charge in [-0.3, -0.25) is 4.98 Å². The summed E-state index contributed by atoms with van der Waals surface area (Å²) in [6, 6.07) is 7.11. The highest BCUT2D eigenvalue weighted by Crippen LogP contribution is 2.19. The number of nitrogens with one attached hydrogen (secondary N) is 1. The van der Waals surface area contributed by atoms with E-state index >= 15 is 0 Å². The molecule has 4 heterocycles. The smallest absolute Gasteiger partial charge is 0.318 e. The minimum atomic E-state index is -0.392. The fourth-order valence-electron chi connectivity index (χ4n) is 3.29. The zero-order chi connectivity index (χ0) is 20.2. The Balaban J connectivity index is 1.33. The van der Waals surface area contributed by atoms with Crippen LogP contribution in [0.3, 0.4) is 0 Å². The number of carbonyl (C=O) groups is 1. The SMILES string of the molecule is Cc1cccnc1N1CCN(C(=O)NC(C)c2nc(-c3cccnc3)no2)CC1. The van der Waals surface area contributed by atoms with Crippen LogP contribution >= 0.6 is 0 Å². The zero-order valence-corrected chi connectivity index (χ0v) is 16.4. The number of hydrogen-bond acceptors (Lipinski definition) is 7. The summed E-state index contributed by atoms with van der Waals surface area (Å²) < 4.78 is 5.32. The third-order valence-electron chi connectivity index (χ3n) is 4.92. The van der Waals surface area contributed by atoms with Gasteiger partial charge in [0.15, 0.2) is 0 Å². The summed E-state index contributed by atoms with van der Waals surface area (Å²) in [4.78, 5) is 29.5. The molecule has 9 heteroatoms. The third kappa shape index (κ3) is 4.18. The molecule has 1 N–H and O–H groups in total. The lowest BCUT2D eigenvalue weighted by atomic mass is 10.2. The molecule has 2 amide bonds. The van der Waals surface area contributed by atoms with E-state index in [1.54, 1.807) is 23.5 Å². The second kappa shape index (κ2) is 8.26. The quantitative estimate of drug-likeness (QED) is 0.726. The fraction of sp³-hybridized carbons (Fsp3) is 0.350. The summed E-state index contributed by atoms with van der Waals surface area (Å²) in [6.45, 7) is 6.61. The third-order valence-corrected chi connectivity index (χ3v) is 4.92. The van der Waals surface area contributed by atoms with E-state index in [4.69, 9.17) is 4.52 Å². The average Bonchev–Trinajstić information content (AvgIpc) is 3.25. The number of aryl methyl sites for hydroxylation is 1. The minimum absolute atomic E-state index is 0.143. The van der Waals surface area contributed by atoms with E-state index in [1.165, 1.54) is 0 Å². The Morgan fingerprint density at radius 1 is 1.17 bits per heavy atom. The van der Waals surface area contributed by atoms with Gasteiger partial charge < -0.3 is 19.6 Å². The lowest BCUT2D eigenvalue weighted by molar-refractivity contribution is 0.188. The number of anilines is 1. The first kappa shape index (κ1) is 18.9. The van der Waals surface area contributed by atoms with Crippen LogP contribution in [-0.2, 0) is 0 Å². The van der Waals surface area contributed by atoms with E-state index in [1.807, 2.05) is 38.1 Å². The van der Waals surface area contributed by atoms with E-state index < -0.39 is 6.04 Å². The number of piperazine rings is 1. The van der Waals surface area contributed by atoms with E-state index in [0.717, 1.165) is 30.0 Å². The predicted octanol–water partition coefficient (Wildman–Crippen LogP) is 2.43. The molecular weight excluding hydrogens is 370 g/mol. The van der Waals surface area contributed by atoms with E-state index in [0.29, 0.717) is 24.8 Å². The molecule has 3 aromatic rings. The standard InChI is InChI=1S/C20H23N7O2/c1-14-5-3-8-22-18(14)26-9-11-27(12-10-26)20(28)23-15(2)19-24-17(25-29-19)16-6-4-7-21-13-16/h3-8,13,15H,9-12H2,1-2H3,(H,23,28). The van der Waals surface area contributed by atoms with Crippen molar-refractivity contribution in [3.8, 4) is 11.4 Å². The van der Waals surface area contributed by atoms with Gasteiger partial charge in [0.1, 0.15) is 11.9 Å². The van der Waals surface area contributed by atoms with Gasteiger partial charge in [0.25, 0.3) is 0 Å². The Morgan fingerprint density at radius 3 is 2.69 bits per heavy atom. The largest absolute Gasteiger partial charge is 0.353 e. The highest BCUT2D eigenvalue weighted by atomic mass is 16.5.